The van der Waals surface area contributed by atoms with Crippen LogP contribution < -0.4 is 10.6 Å². The molecule has 0 bridgehead atoms. The molecule has 0 spiro atoms. The molecule has 19 heavy (non-hydrogen) atoms. The van der Waals surface area contributed by atoms with Crippen LogP contribution in [-0.2, 0) is 6.42 Å². The van der Waals surface area contributed by atoms with Gasteiger partial charge in [-0.2, -0.15) is 0 Å². The van der Waals surface area contributed by atoms with Crippen LogP contribution in [0, 0.1) is 5.82 Å². The lowest BCUT2D eigenvalue weighted by atomic mass is 10.0. The van der Waals surface area contributed by atoms with Gasteiger partial charge in [-0.05, 0) is 30.5 Å². The fourth-order valence-electron chi connectivity index (χ4n) is 2.57. The molecule has 4 heteroatoms. The van der Waals surface area contributed by atoms with Crippen molar-refractivity contribution in [2.45, 2.75) is 12.8 Å². The minimum atomic E-state index is -0.436. The molecule has 2 nitrogen and oxygen atoms in total. The second-order valence-electron chi connectivity index (χ2n) is 4.71. The van der Waals surface area contributed by atoms with Gasteiger partial charge in [0.05, 0.1) is 16.4 Å². The van der Waals surface area contributed by atoms with Crippen LogP contribution in [0.2, 0.25) is 5.02 Å². The number of nitrogens with zero attached hydrogens (tertiary/aromatic N) is 1. The van der Waals surface area contributed by atoms with Gasteiger partial charge < -0.3 is 10.6 Å². The molecule has 0 radical (unpaired) electrons. The minimum Gasteiger partial charge on any atom is -0.397 e. The lowest BCUT2D eigenvalue weighted by molar-refractivity contribution is 0.627. The van der Waals surface area contributed by atoms with E-state index < -0.39 is 5.82 Å². The zero-order valence-corrected chi connectivity index (χ0v) is 11.1. The van der Waals surface area contributed by atoms with E-state index in [0.29, 0.717) is 11.4 Å². The van der Waals surface area contributed by atoms with E-state index in [1.165, 1.54) is 17.7 Å². The molecule has 0 fully saturated rings. The summed E-state index contributed by atoms with van der Waals surface area (Å²) in [5.41, 5.74) is 9.54. The quantitative estimate of drug-likeness (QED) is 0.793. The molecule has 0 saturated heterocycles. The number of halogens is 2. The Balaban J connectivity index is 2.11. The van der Waals surface area contributed by atoms with Gasteiger partial charge in [-0.1, -0.05) is 29.8 Å². The lowest BCUT2D eigenvalue weighted by Crippen LogP contribution is -2.25. The summed E-state index contributed by atoms with van der Waals surface area (Å²) in [6, 6.07) is 11.0. The van der Waals surface area contributed by atoms with Crippen LogP contribution in [0.4, 0.5) is 21.5 Å². The molecule has 3 rings (SSSR count). The van der Waals surface area contributed by atoms with Crippen LogP contribution in [0.25, 0.3) is 0 Å². The molecule has 1 aliphatic rings. The lowest BCUT2D eigenvalue weighted by Gasteiger charge is -2.32. The van der Waals surface area contributed by atoms with E-state index in [2.05, 4.69) is 11.0 Å². The van der Waals surface area contributed by atoms with Crippen LogP contribution in [0.3, 0.4) is 0 Å². The Morgan fingerprint density at radius 3 is 2.79 bits per heavy atom. The summed E-state index contributed by atoms with van der Waals surface area (Å²) < 4.78 is 13.7. The molecule has 0 aromatic heterocycles. The highest BCUT2D eigenvalue weighted by Crippen LogP contribution is 2.38. The number of hydrogen-bond acceptors (Lipinski definition) is 2. The van der Waals surface area contributed by atoms with Crippen LogP contribution >= 0.6 is 11.6 Å². The first kappa shape index (κ1) is 12.3. The summed E-state index contributed by atoms with van der Waals surface area (Å²) in [6.07, 6.45) is 2.07. The summed E-state index contributed by atoms with van der Waals surface area (Å²) in [6.45, 7) is 0.836. The van der Waals surface area contributed by atoms with Crippen molar-refractivity contribution in [3.63, 3.8) is 0 Å². The van der Waals surface area contributed by atoms with Crippen molar-refractivity contribution >= 4 is 28.7 Å². The van der Waals surface area contributed by atoms with Crippen LogP contribution in [-0.4, -0.2) is 6.54 Å². The summed E-state index contributed by atoms with van der Waals surface area (Å²) in [7, 11) is 0. The third-order valence-electron chi connectivity index (χ3n) is 3.47. The molecule has 1 heterocycles. The second kappa shape index (κ2) is 4.74. The maximum atomic E-state index is 13.7. The molecule has 2 N–H and O–H groups in total. The molecule has 0 aliphatic carbocycles. The monoisotopic (exact) mass is 276 g/mol. The van der Waals surface area contributed by atoms with Gasteiger partial charge in [-0.3, -0.25) is 0 Å². The third-order valence-corrected chi connectivity index (χ3v) is 3.76. The highest BCUT2D eigenvalue weighted by atomic mass is 35.5. The van der Waals surface area contributed by atoms with Crippen LogP contribution in [0.1, 0.15) is 12.0 Å². The Labute approximate surface area is 116 Å². The third kappa shape index (κ3) is 2.15. The molecule has 1 aliphatic heterocycles. The standard InChI is InChI=1S/C15H14ClFN2/c16-11-8-13(18)15(9-12(11)17)19-7-3-5-10-4-1-2-6-14(10)19/h1-2,4,6,8-9H,3,5,7,18H2. The molecule has 2 aromatic rings. The van der Waals surface area contributed by atoms with E-state index in [1.54, 1.807) is 0 Å². The van der Waals surface area contributed by atoms with Crippen LogP contribution in [0.5, 0.6) is 0 Å². The van der Waals surface area contributed by atoms with Crippen molar-refractivity contribution in [3.05, 3.63) is 52.8 Å². The van der Waals surface area contributed by atoms with Gasteiger partial charge >= 0.3 is 0 Å². The number of nitrogens with two attached hydrogens (primary N) is 1. The zero-order chi connectivity index (χ0) is 13.4. The van der Waals surface area contributed by atoms with Crippen molar-refractivity contribution < 1.29 is 4.39 Å². The molecule has 98 valence electrons. The summed E-state index contributed by atoms with van der Waals surface area (Å²) in [5.74, 6) is -0.436. The SMILES string of the molecule is Nc1cc(Cl)c(F)cc1N1CCCc2ccccc21. The largest absolute Gasteiger partial charge is 0.397 e. The van der Waals surface area contributed by atoms with Gasteiger partial charge in [0.25, 0.3) is 0 Å². The molecule has 2 aromatic carbocycles. The first-order valence-corrected chi connectivity index (χ1v) is 6.64. The average molecular weight is 277 g/mol. The van der Waals surface area contributed by atoms with Gasteiger partial charge in [0, 0.05) is 18.3 Å². The number of hydrogen-bond donors (Lipinski definition) is 1. The van der Waals surface area contributed by atoms with Gasteiger partial charge in [0.1, 0.15) is 5.82 Å². The normalized spacial score (nSPS) is 14.3. The molecule has 0 unspecified atom stereocenters. The highest BCUT2D eigenvalue weighted by molar-refractivity contribution is 6.31. The van der Waals surface area contributed by atoms with Crippen molar-refractivity contribution in [3.8, 4) is 0 Å². The number of para-hydroxylation sites is 1. The van der Waals surface area contributed by atoms with Gasteiger partial charge in [0.15, 0.2) is 0 Å². The van der Waals surface area contributed by atoms with E-state index in [-0.39, 0.29) is 5.02 Å². The first-order valence-electron chi connectivity index (χ1n) is 6.27. The summed E-state index contributed by atoms with van der Waals surface area (Å²) in [5, 5.41) is 0.0616. The van der Waals surface area contributed by atoms with Crippen molar-refractivity contribution in [2.75, 3.05) is 17.2 Å². The highest BCUT2D eigenvalue weighted by Gasteiger charge is 2.20. The first-order chi connectivity index (χ1) is 9.16. The van der Waals surface area contributed by atoms with E-state index >= 15 is 0 Å². The van der Waals surface area contributed by atoms with Crippen LogP contribution in [0.15, 0.2) is 36.4 Å². The van der Waals surface area contributed by atoms with Crippen molar-refractivity contribution in [1.82, 2.24) is 0 Å². The Kier molecular flexibility index (Phi) is 3.07. The summed E-state index contributed by atoms with van der Waals surface area (Å²) >= 11 is 5.75. The Bertz CT molecular complexity index is 628. The average Bonchev–Trinajstić information content (AvgIpc) is 2.42. The van der Waals surface area contributed by atoms with Gasteiger partial charge in [-0.25, -0.2) is 4.39 Å². The zero-order valence-electron chi connectivity index (χ0n) is 10.4. The van der Waals surface area contributed by atoms with E-state index in [9.17, 15) is 4.39 Å². The summed E-state index contributed by atoms with van der Waals surface area (Å²) in [4.78, 5) is 2.06. The molecular weight excluding hydrogens is 263 g/mol. The Morgan fingerprint density at radius 1 is 1.16 bits per heavy atom. The molecular formula is C15H14ClFN2. The Morgan fingerprint density at radius 2 is 1.95 bits per heavy atom. The van der Waals surface area contributed by atoms with E-state index in [0.717, 1.165) is 25.1 Å². The molecule has 0 atom stereocenters. The van der Waals surface area contributed by atoms with E-state index in [1.807, 2.05) is 18.2 Å². The smallest absolute Gasteiger partial charge is 0.144 e. The van der Waals surface area contributed by atoms with Crippen molar-refractivity contribution in [2.24, 2.45) is 0 Å². The predicted octanol–water partition coefficient (Wildman–Crippen LogP) is 4.15. The van der Waals surface area contributed by atoms with Gasteiger partial charge in [-0.15, -0.1) is 0 Å². The maximum Gasteiger partial charge on any atom is 0.144 e. The van der Waals surface area contributed by atoms with E-state index in [4.69, 9.17) is 17.3 Å². The molecule has 0 amide bonds. The number of benzene rings is 2. The maximum absolute atomic E-state index is 13.7. The fourth-order valence-corrected chi connectivity index (χ4v) is 2.74. The minimum absolute atomic E-state index is 0.0616. The molecule has 0 saturated carbocycles. The second-order valence-corrected chi connectivity index (χ2v) is 5.12. The number of aryl methyl sites for hydroxylation is 1. The number of anilines is 3. The van der Waals surface area contributed by atoms with Crippen molar-refractivity contribution in [1.29, 1.82) is 0 Å². The predicted molar refractivity (Wildman–Crippen MR) is 77.6 cm³/mol. The number of nitrogen functional groups attached to an aromatic ring is 1. The number of rotatable bonds is 1. The number of fused-ring (bicyclic) bond motifs is 1. The Hall–Kier alpha value is -1.74. The topological polar surface area (TPSA) is 29.3 Å². The fraction of sp³-hybridized carbons (Fsp3) is 0.200. The van der Waals surface area contributed by atoms with Gasteiger partial charge in [0.2, 0.25) is 0 Å².